The molecule has 1 aromatic carbocycles. The largest absolute Gasteiger partial charge is 0.456 e. The number of esters is 1. The summed E-state index contributed by atoms with van der Waals surface area (Å²) >= 11 is 0. The van der Waals surface area contributed by atoms with Crippen LogP contribution >= 0.6 is 0 Å². The number of unbranched alkanes of at least 4 members (excludes halogenated alkanes) is 1. The van der Waals surface area contributed by atoms with Crippen molar-refractivity contribution in [2.75, 3.05) is 26.8 Å². The predicted octanol–water partition coefficient (Wildman–Crippen LogP) is 9.67. The van der Waals surface area contributed by atoms with Gasteiger partial charge in [0.2, 0.25) is 0 Å². The second-order valence-electron chi connectivity index (χ2n) is 15.4. The molecule has 1 saturated carbocycles. The van der Waals surface area contributed by atoms with Gasteiger partial charge in [-0.15, -0.1) is 0 Å². The summed E-state index contributed by atoms with van der Waals surface area (Å²) in [6.45, 7) is 25.4. The van der Waals surface area contributed by atoms with E-state index in [-0.39, 0.29) is 23.6 Å². The Bertz CT molecular complexity index is 1050. The molecular formula is C40H67NO4. The normalized spacial score (nSPS) is 23.1. The molecule has 45 heavy (non-hydrogen) atoms. The number of benzene rings is 1. The van der Waals surface area contributed by atoms with Gasteiger partial charge in [0.1, 0.15) is 5.60 Å². The first-order chi connectivity index (χ1) is 21.1. The van der Waals surface area contributed by atoms with Crippen molar-refractivity contribution in [3.63, 3.8) is 0 Å². The van der Waals surface area contributed by atoms with E-state index < -0.39 is 5.60 Å². The molecule has 0 aliphatic heterocycles. The van der Waals surface area contributed by atoms with Crippen LogP contribution in [0.25, 0.3) is 0 Å². The van der Waals surface area contributed by atoms with Gasteiger partial charge in [-0.2, -0.15) is 0 Å². The zero-order valence-electron chi connectivity index (χ0n) is 30.5. The fraction of sp³-hybridized carbons (Fsp3) is 0.725. The fourth-order valence-electron chi connectivity index (χ4n) is 7.33. The number of nitrogens with one attached hydrogen (secondary N) is 1. The van der Waals surface area contributed by atoms with Crippen LogP contribution in [0.15, 0.2) is 54.6 Å². The molecule has 1 aliphatic carbocycles. The van der Waals surface area contributed by atoms with Crippen LogP contribution in [0.2, 0.25) is 0 Å². The summed E-state index contributed by atoms with van der Waals surface area (Å²) in [5, 5.41) is 3.35. The van der Waals surface area contributed by atoms with E-state index in [2.05, 4.69) is 84.8 Å². The van der Waals surface area contributed by atoms with Gasteiger partial charge in [-0.05, 0) is 136 Å². The van der Waals surface area contributed by atoms with E-state index in [4.69, 9.17) is 14.2 Å². The fourth-order valence-corrected chi connectivity index (χ4v) is 7.33. The molecule has 0 spiro atoms. The quantitative estimate of drug-likeness (QED) is 0.0677. The first-order valence-electron chi connectivity index (χ1n) is 17.6. The number of ether oxygens (including phenoxy) is 3. The number of rotatable bonds is 20. The Balaban J connectivity index is 1.82. The molecule has 0 amide bonds. The van der Waals surface area contributed by atoms with Crippen molar-refractivity contribution >= 4 is 5.97 Å². The second-order valence-corrected chi connectivity index (χ2v) is 15.4. The summed E-state index contributed by atoms with van der Waals surface area (Å²) in [5.41, 5.74) is 0.966. The number of carbonyl (C=O) groups excluding carboxylic acids is 1. The minimum Gasteiger partial charge on any atom is -0.456 e. The van der Waals surface area contributed by atoms with E-state index >= 15 is 0 Å². The van der Waals surface area contributed by atoms with Crippen LogP contribution in [-0.2, 0) is 19.0 Å². The average molecular weight is 626 g/mol. The topological polar surface area (TPSA) is 56.8 Å². The highest BCUT2D eigenvalue weighted by molar-refractivity contribution is 5.87. The Labute approximate surface area is 277 Å². The molecular weight excluding hydrogens is 558 g/mol. The Kier molecular flexibility index (Phi) is 16.0. The lowest BCUT2D eigenvalue weighted by molar-refractivity contribution is -0.156. The van der Waals surface area contributed by atoms with Crippen LogP contribution in [0.3, 0.4) is 0 Å². The molecule has 1 fully saturated rings. The number of hydrogen-bond donors (Lipinski definition) is 1. The summed E-state index contributed by atoms with van der Waals surface area (Å²) in [6, 6.07) is 10.2. The lowest BCUT2D eigenvalue weighted by atomic mass is 9.62. The van der Waals surface area contributed by atoms with Crippen LogP contribution in [0.5, 0.6) is 0 Å². The Morgan fingerprint density at radius 1 is 1.16 bits per heavy atom. The summed E-state index contributed by atoms with van der Waals surface area (Å²) in [4.78, 5) is 12.4. The molecule has 6 atom stereocenters. The van der Waals surface area contributed by atoms with Gasteiger partial charge in [0.05, 0.1) is 18.3 Å². The third kappa shape index (κ3) is 13.4. The first kappa shape index (κ1) is 39.2. The molecule has 0 aromatic heterocycles. The first-order valence-corrected chi connectivity index (χ1v) is 17.6. The minimum atomic E-state index is -0.735. The predicted molar refractivity (Wildman–Crippen MR) is 190 cm³/mol. The SMILES string of the molecule is C=C(C)C(=O)OC(C)(C)C(COC(C)C(C)CCCCOC(C)(C)CC1(C)CCC(CCNC)C(C=CC)C1)c1ccccc1. The third-order valence-corrected chi connectivity index (χ3v) is 10.1. The average Bonchev–Trinajstić information content (AvgIpc) is 2.96. The maximum atomic E-state index is 12.4. The van der Waals surface area contributed by atoms with Gasteiger partial charge in [-0.3, -0.25) is 0 Å². The molecule has 0 radical (unpaired) electrons. The molecule has 1 aliphatic rings. The van der Waals surface area contributed by atoms with Crippen LogP contribution in [-0.4, -0.2) is 50.1 Å². The van der Waals surface area contributed by atoms with Gasteiger partial charge in [0.25, 0.3) is 0 Å². The number of hydrogen-bond acceptors (Lipinski definition) is 5. The van der Waals surface area contributed by atoms with E-state index in [1.807, 2.05) is 32.0 Å². The maximum absolute atomic E-state index is 12.4. The van der Waals surface area contributed by atoms with E-state index in [0.717, 1.165) is 50.3 Å². The molecule has 5 heteroatoms. The standard InChI is InChI=1S/C40H67NO4/c1-12-18-35-27-40(10,24-22-33(35)23-25-41-11)29-38(6,7)44-26-17-16-19-31(4)32(5)43-28-36(34-20-14-13-15-21-34)39(8,9)45-37(42)30(2)3/h12-15,18,20-21,31-33,35-36,41H,2,16-17,19,22-29H2,1,3-11H3. The lowest BCUT2D eigenvalue weighted by Gasteiger charge is -2.45. The molecule has 5 nitrogen and oxygen atoms in total. The van der Waals surface area contributed by atoms with Gasteiger partial charge in [0, 0.05) is 18.1 Å². The van der Waals surface area contributed by atoms with Crippen molar-refractivity contribution in [2.45, 2.75) is 137 Å². The minimum absolute atomic E-state index is 0.0918. The molecule has 0 heterocycles. The van der Waals surface area contributed by atoms with Gasteiger partial charge in [-0.25, -0.2) is 4.79 Å². The van der Waals surface area contributed by atoms with Gasteiger partial charge in [-0.1, -0.05) is 69.3 Å². The van der Waals surface area contributed by atoms with E-state index in [1.165, 1.54) is 25.7 Å². The van der Waals surface area contributed by atoms with Crippen LogP contribution in [0.1, 0.15) is 125 Å². The van der Waals surface area contributed by atoms with Gasteiger partial charge >= 0.3 is 5.97 Å². The monoisotopic (exact) mass is 626 g/mol. The van der Waals surface area contributed by atoms with E-state index in [9.17, 15) is 4.79 Å². The van der Waals surface area contributed by atoms with E-state index in [0.29, 0.717) is 29.4 Å². The van der Waals surface area contributed by atoms with Crippen molar-refractivity contribution in [3.05, 3.63) is 60.2 Å². The molecule has 0 saturated heterocycles. The zero-order chi connectivity index (χ0) is 33.7. The lowest BCUT2D eigenvalue weighted by Crippen LogP contribution is -2.39. The van der Waals surface area contributed by atoms with Crippen LogP contribution < -0.4 is 5.32 Å². The van der Waals surface area contributed by atoms with Crippen LogP contribution in [0, 0.1) is 23.2 Å². The van der Waals surface area contributed by atoms with Gasteiger partial charge < -0.3 is 19.5 Å². The smallest absolute Gasteiger partial charge is 0.333 e. The highest BCUT2D eigenvalue weighted by atomic mass is 16.6. The summed E-state index contributed by atoms with van der Waals surface area (Å²) in [5.74, 6) is 1.41. The summed E-state index contributed by atoms with van der Waals surface area (Å²) in [7, 11) is 2.06. The van der Waals surface area contributed by atoms with Crippen molar-refractivity contribution < 1.29 is 19.0 Å². The van der Waals surface area contributed by atoms with Crippen molar-refractivity contribution in [3.8, 4) is 0 Å². The van der Waals surface area contributed by atoms with Crippen molar-refractivity contribution in [1.82, 2.24) is 5.32 Å². The molecule has 6 unspecified atom stereocenters. The van der Waals surface area contributed by atoms with E-state index in [1.54, 1.807) is 6.92 Å². The highest BCUT2D eigenvalue weighted by Gasteiger charge is 2.40. The highest BCUT2D eigenvalue weighted by Crippen LogP contribution is 2.48. The number of allylic oxidation sites excluding steroid dienone is 2. The Morgan fingerprint density at radius 3 is 2.47 bits per heavy atom. The Morgan fingerprint density at radius 2 is 1.84 bits per heavy atom. The van der Waals surface area contributed by atoms with Crippen LogP contribution in [0.4, 0.5) is 0 Å². The third-order valence-electron chi connectivity index (χ3n) is 10.1. The molecule has 0 bridgehead atoms. The molecule has 256 valence electrons. The van der Waals surface area contributed by atoms with Crippen molar-refractivity contribution in [1.29, 1.82) is 0 Å². The second kappa shape index (κ2) is 18.4. The van der Waals surface area contributed by atoms with Gasteiger partial charge in [0.15, 0.2) is 0 Å². The van der Waals surface area contributed by atoms with Crippen molar-refractivity contribution in [2.24, 2.45) is 23.2 Å². The Hall–Kier alpha value is -1.95. The maximum Gasteiger partial charge on any atom is 0.333 e. The molecule has 1 N–H and O–H groups in total. The molecule has 1 aromatic rings. The summed E-state index contributed by atoms with van der Waals surface area (Å²) < 4.78 is 18.9. The summed E-state index contributed by atoms with van der Waals surface area (Å²) in [6.07, 6.45) is 14.3. The zero-order valence-corrected chi connectivity index (χ0v) is 30.5. The number of carbonyl (C=O) groups is 1. The molecule has 2 rings (SSSR count).